The molecule has 0 aliphatic heterocycles. The Bertz CT molecular complexity index is 7390. The van der Waals surface area contributed by atoms with Crippen LogP contribution < -0.4 is 0 Å². The Morgan fingerprint density at radius 2 is 0.453 bits per heavy atom. The van der Waals surface area contributed by atoms with Crippen molar-refractivity contribution in [2.45, 2.75) is 0 Å². The van der Waals surface area contributed by atoms with Gasteiger partial charge in [0.05, 0.1) is 33.1 Å². The number of nitrogens with zero attached hydrogens (tertiary/aromatic N) is 6. The fraction of sp³-hybridized carbons (Fsp3) is 0. The van der Waals surface area contributed by atoms with Crippen LogP contribution in [0.2, 0.25) is 0 Å². The topological polar surface area (TPSA) is 92.9 Å². The quantitative estimate of drug-likeness (QED) is 0.143. The van der Waals surface area contributed by atoms with Crippen LogP contribution >= 0.6 is 0 Å². The fourth-order valence-corrected chi connectivity index (χ4v) is 16.8. The molecule has 0 bridgehead atoms. The van der Waals surface area contributed by atoms with Gasteiger partial charge in [-0.3, -0.25) is 0 Å². The number of benzene rings is 16. The first-order valence-electron chi connectivity index (χ1n) is 35.8. The number of hydrogen-bond acceptors (Lipinski definition) is 6. The molecule has 23 aromatic rings. The van der Waals surface area contributed by atoms with E-state index >= 15 is 0 Å². The van der Waals surface area contributed by atoms with E-state index in [9.17, 15) is 0 Å². The molecule has 23 rings (SSSR count). The lowest BCUT2D eigenvalue weighted by Crippen LogP contribution is -2.02. The van der Waals surface area contributed by atoms with Crippen LogP contribution in [-0.4, -0.2) is 28.7 Å². The van der Waals surface area contributed by atoms with E-state index in [0.717, 1.165) is 198 Å². The van der Waals surface area contributed by atoms with Crippen LogP contribution in [0, 0.1) is 0 Å². The lowest BCUT2D eigenvalue weighted by molar-refractivity contribution is 0.668. The molecule has 492 valence electrons. The summed E-state index contributed by atoms with van der Waals surface area (Å²) < 4.78 is 26.4. The van der Waals surface area contributed by atoms with E-state index in [2.05, 4.69) is 317 Å². The van der Waals surface area contributed by atoms with Crippen molar-refractivity contribution >= 4 is 142 Å². The van der Waals surface area contributed by atoms with Gasteiger partial charge < -0.3 is 27.0 Å². The Kier molecular flexibility index (Phi) is 12.4. The van der Waals surface area contributed by atoms with Gasteiger partial charge in [-0.25, -0.2) is 15.0 Å². The maximum absolute atomic E-state index is 6.42. The van der Waals surface area contributed by atoms with Crippen LogP contribution in [0.5, 0.6) is 0 Å². The molecule has 0 aliphatic carbocycles. The van der Waals surface area contributed by atoms with Crippen LogP contribution in [0.1, 0.15) is 0 Å². The Balaban J connectivity index is 0.666. The van der Waals surface area contributed by atoms with Crippen molar-refractivity contribution in [3.63, 3.8) is 0 Å². The number of para-hydroxylation sites is 6. The van der Waals surface area contributed by atoms with E-state index in [1.807, 2.05) is 36.4 Å². The van der Waals surface area contributed by atoms with E-state index in [4.69, 9.17) is 28.2 Å². The first-order valence-corrected chi connectivity index (χ1v) is 35.8. The van der Waals surface area contributed by atoms with Crippen LogP contribution in [0.15, 0.2) is 353 Å². The molecule has 0 saturated carbocycles. The smallest absolute Gasteiger partial charge is 0.164 e. The molecule has 7 aromatic heterocycles. The first-order chi connectivity index (χ1) is 52.5. The van der Waals surface area contributed by atoms with Gasteiger partial charge in [-0.1, -0.05) is 206 Å². The third-order valence-electron chi connectivity index (χ3n) is 21.9. The van der Waals surface area contributed by atoms with E-state index in [1.165, 1.54) is 10.8 Å². The summed E-state index contributed by atoms with van der Waals surface area (Å²) in [4.78, 5) is 16.5. The predicted octanol–water partition coefficient (Wildman–Crippen LogP) is 26.0. The molecular weight excluding hydrogens is 1300 g/mol. The van der Waals surface area contributed by atoms with E-state index < -0.39 is 0 Å². The van der Waals surface area contributed by atoms with Crippen molar-refractivity contribution in [2.75, 3.05) is 0 Å². The lowest BCUT2D eigenvalue weighted by Gasteiger charge is -2.14. The predicted molar refractivity (Wildman–Crippen MR) is 435 cm³/mol. The molecule has 0 fully saturated rings. The molecule has 0 aliphatic rings. The fourth-order valence-electron chi connectivity index (χ4n) is 16.8. The van der Waals surface area contributed by atoms with Gasteiger partial charge in [0, 0.05) is 98.4 Å². The molecule has 0 amide bonds. The molecular formula is C97H56N6O3. The molecule has 0 radical (unpaired) electrons. The van der Waals surface area contributed by atoms with E-state index in [0.29, 0.717) is 17.5 Å². The summed E-state index contributed by atoms with van der Waals surface area (Å²) in [5, 5.41) is 15.8. The monoisotopic (exact) mass is 1350 g/mol. The van der Waals surface area contributed by atoms with Crippen LogP contribution in [0.3, 0.4) is 0 Å². The van der Waals surface area contributed by atoms with E-state index in [-0.39, 0.29) is 0 Å². The number of furan rings is 3. The minimum atomic E-state index is 0.550. The van der Waals surface area contributed by atoms with Gasteiger partial charge in [-0.2, -0.15) is 0 Å². The Morgan fingerprint density at radius 3 is 0.849 bits per heavy atom. The molecule has 106 heavy (non-hydrogen) atoms. The summed E-state index contributed by atoms with van der Waals surface area (Å²) >= 11 is 0. The molecule has 0 unspecified atom stereocenters. The maximum atomic E-state index is 6.42. The van der Waals surface area contributed by atoms with Crippen LogP contribution in [0.25, 0.3) is 227 Å². The number of hydrogen-bond donors (Lipinski definition) is 0. The maximum Gasteiger partial charge on any atom is 0.164 e. The largest absolute Gasteiger partial charge is 0.456 e. The second-order valence-corrected chi connectivity index (χ2v) is 27.8. The average molecular weight is 1350 g/mol. The number of aromatic nitrogens is 6. The first kappa shape index (κ1) is 58.3. The van der Waals surface area contributed by atoms with Crippen molar-refractivity contribution in [1.82, 2.24) is 28.7 Å². The highest BCUT2D eigenvalue weighted by Crippen LogP contribution is 2.43. The highest BCUT2D eigenvalue weighted by atomic mass is 16.3. The number of rotatable bonds is 9. The van der Waals surface area contributed by atoms with Gasteiger partial charge in [-0.05, 0) is 178 Å². The molecule has 7 heterocycles. The Hall–Kier alpha value is -14.4. The zero-order chi connectivity index (χ0) is 69.2. The normalized spacial score (nSPS) is 12.2. The molecule has 0 spiro atoms. The van der Waals surface area contributed by atoms with Gasteiger partial charge >= 0.3 is 0 Å². The minimum Gasteiger partial charge on any atom is -0.456 e. The van der Waals surface area contributed by atoms with Crippen molar-refractivity contribution < 1.29 is 13.3 Å². The molecule has 0 N–H and O–H groups in total. The van der Waals surface area contributed by atoms with Gasteiger partial charge in [0.25, 0.3) is 0 Å². The summed E-state index contributed by atoms with van der Waals surface area (Å²) in [6.45, 7) is 0. The standard InChI is InChI=1S/C97H56N6O3/c1-7-25-83-71(19-1)74-41-34-59(62-37-44-80-77-22-4-10-28-89(77)104-92(80)54-62)51-86(74)101(83)68-17-13-15-65(49-68)95-98-96(66-16-14-18-69(50-66)102-84-26-8-2-20-72(84)75-42-35-60(52-87(75)102)63-38-45-81-78-23-5-11-29-90(78)105-93(81)55-63)100-97(99-95)67-32-31-58-48-70(40-33-57(58)47-67)103-85-27-9-3-21-73(85)76-43-36-61(53-88(76)103)64-39-46-82-79-24-6-12-30-91(79)106-94(82)56-64/h1-56H. The van der Waals surface area contributed by atoms with Gasteiger partial charge in [0.2, 0.25) is 0 Å². The zero-order valence-electron chi connectivity index (χ0n) is 56.7. The molecule has 0 saturated heterocycles. The second kappa shape index (κ2) is 22.5. The molecule has 9 heteroatoms. The van der Waals surface area contributed by atoms with Crippen molar-refractivity contribution in [3.05, 3.63) is 340 Å². The third-order valence-corrected chi connectivity index (χ3v) is 21.9. The average Bonchev–Trinajstić information content (AvgIpc) is 1.59. The van der Waals surface area contributed by atoms with Gasteiger partial charge in [-0.15, -0.1) is 0 Å². The number of fused-ring (bicyclic) bond motifs is 19. The van der Waals surface area contributed by atoms with E-state index in [1.54, 1.807) is 0 Å². The molecule has 9 nitrogen and oxygen atoms in total. The second-order valence-electron chi connectivity index (χ2n) is 27.8. The van der Waals surface area contributed by atoms with Crippen molar-refractivity contribution in [1.29, 1.82) is 0 Å². The Morgan fingerprint density at radius 1 is 0.170 bits per heavy atom. The highest BCUT2D eigenvalue weighted by molar-refractivity contribution is 6.15. The molecule has 16 aromatic carbocycles. The van der Waals surface area contributed by atoms with Crippen molar-refractivity contribution in [3.8, 4) is 84.6 Å². The lowest BCUT2D eigenvalue weighted by atomic mass is 10.0. The summed E-state index contributed by atoms with van der Waals surface area (Å²) in [7, 11) is 0. The highest BCUT2D eigenvalue weighted by Gasteiger charge is 2.22. The summed E-state index contributed by atoms with van der Waals surface area (Å²) in [6, 6.07) is 121. The summed E-state index contributed by atoms with van der Waals surface area (Å²) in [5.41, 5.74) is 24.0. The minimum absolute atomic E-state index is 0.550. The zero-order valence-corrected chi connectivity index (χ0v) is 56.7. The van der Waals surface area contributed by atoms with Crippen molar-refractivity contribution in [2.24, 2.45) is 0 Å². The molecule has 0 atom stereocenters. The van der Waals surface area contributed by atoms with Crippen LogP contribution in [-0.2, 0) is 0 Å². The van der Waals surface area contributed by atoms with Gasteiger partial charge in [0.15, 0.2) is 17.5 Å². The Labute approximate surface area is 604 Å². The summed E-state index contributed by atoms with van der Waals surface area (Å²) in [6.07, 6.45) is 0. The van der Waals surface area contributed by atoms with Crippen LogP contribution in [0.4, 0.5) is 0 Å². The third kappa shape index (κ3) is 8.99. The SMILES string of the molecule is c1cc(-c2nc(-c3cccc(-n4c5ccccc5c5ccc(-c6ccc7c(c6)oc6ccccc67)cc54)c3)nc(-c3ccc4cc(-n5c6ccccc6c6ccc(-c7ccc8c(c7)oc7ccccc78)cc65)ccc4c3)n2)cc(-n2c3ccccc3c3ccc(-c4ccc5c(c4)oc4ccccc45)cc32)c1. The summed E-state index contributed by atoms with van der Waals surface area (Å²) in [5.74, 6) is 1.66. The van der Waals surface area contributed by atoms with Gasteiger partial charge in [0.1, 0.15) is 33.5 Å².